The summed E-state index contributed by atoms with van der Waals surface area (Å²) in [6.07, 6.45) is 1.93. The number of ether oxygens (including phenoxy) is 1. The number of hydrogen-bond donors (Lipinski definition) is 2. The summed E-state index contributed by atoms with van der Waals surface area (Å²) < 4.78 is 32.4. The fourth-order valence-corrected chi connectivity index (χ4v) is 1.84. The van der Waals surface area contributed by atoms with Crippen LogP contribution in [0.5, 0.6) is 0 Å². The number of nitrogens with two attached hydrogens (primary N) is 1. The molecule has 0 spiro atoms. The van der Waals surface area contributed by atoms with Crippen LogP contribution in [0.2, 0.25) is 0 Å². The molecule has 1 rings (SSSR count). The van der Waals surface area contributed by atoms with E-state index in [0.717, 1.165) is 32.6 Å². The maximum absolute atomic E-state index is 11.0. The second-order valence-electron chi connectivity index (χ2n) is 3.91. The molecule has 0 fully saturated rings. The fraction of sp³-hybridized carbons (Fsp3) is 0.636. The van der Waals surface area contributed by atoms with E-state index >= 15 is 0 Å². The van der Waals surface area contributed by atoms with Crippen molar-refractivity contribution in [3.05, 3.63) is 17.9 Å². The Labute approximate surface area is 108 Å². The Hall–Kier alpha value is -0.890. The average molecular weight is 276 g/mol. The van der Waals surface area contributed by atoms with Crippen LogP contribution in [0.1, 0.15) is 25.5 Å². The van der Waals surface area contributed by atoms with Gasteiger partial charge in [-0.15, -0.1) is 0 Å². The van der Waals surface area contributed by atoms with Crippen LogP contribution in [-0.4, -0.2) is 28.2 Å². The van der Waals surface area contributed by atoms with Gasteiger partial charge in [0.15, 0.2) is 0 Å². The van der Waals surface area contributed by atoms with Gasteiger partial charge in [0, 0.05) is 13.2 Å². The van der Waals surface area contributed by atoms with Crippen molar-refractivity contribution in [1.29, 1.82) is 0 Å². The van der Waals surface area contributed by atoms with Gasteiger partial charge >= 0.3 is 0 Å². The molecule has 0 aliphatic heterocycles. The van der Waals surface area contributed by atoms with Crippen molar-refractivity contribution in [2.24, 2.45) is 5.14 Å². The monoisotopic (exact) mass is 276 g/mol. The first kappa shape index (κ1) is 15.2. The van der Waals surface area contributed by atoms with E-state index in [1.165, 1.54) is 6.07 Å². The summed E-state index contributed by atoms with van der Waals surface area (Å²) in [7, 11) is -3.74. The standard InChI is InChI=1S/C11H20N2O4S/c1-2-7-16-8-3-6-13-9-10-4-5-11(17-10)18(12,14)15/h4-5,13H,2-3,6-9H2,1H3,(H2,12,14,15). The van der Waals surface area contributed by atoms with Crippen LogP contribution < -0.4 is 10.5 Å². The summed E-state index contributed by atoms with van der Waals surface area (Å²) in [6, 6.07) is 2.96. The van der Waals surface area contributed by atoms with Crippen LogP contribution in [0.15, 0.2) is 21.6 Å². The minimum Gasteiger partial charge on any atom is -0.447 e. The molecule has 0 atom stereocenters. The SMILES string of the molecule is CCCOCCCNCc1ccc(S(N)(=O)=O)o1. The molecular weight excluding hydrogens is 256 g/mol. The zero-order valence-electron chi connectivity index (χ0n) is 10.5. The molecule has 0 unspecified atom stereocenters. The van der Waals surface area contributed by atoms with Gasteiger partial charge in [-0.05, 0) is 31.5 Å². The largest absolute Gasteiger partial charge is 0.447 e. The van der Waals surface area contributed by atoms with Gasteiger partial charge in [-0.25, -0.2) is 13.6 Å². The number of nitrogens with one attached hydrogen (secondary N) is 1. The summed E-state index contributed by atoms with van der Waals surface area (Å²) in [5.41, 5.74) is 0. The van der Waals surface area contributed by atoms with Crippen LogP contribution >= 0.6 is 0 Å². The molecule has 1 aromatic rings. The third kappa shape index (κ3) is 5.63. The van der Waals surface area contributed by atoms with Crippen molar-refractivity contribution in [2.45, 2.75) is 31.4 Å². The summed E-state index contributed by atoms with van der Waals surface area (Å²) in [6.45, 7) is 4.84. The van der Waals surface area contributed by atoms with E-state index in [2.05, 4.69) is 12.2 Å². The van der Waals surface area contributed by atoms with Gasteiger partial charge in [0.1, 0.15) is 5.76 Å². The first-order valence-electron chi connectivity index (χ1n) is 5.94. The third-order valence-electron chi connectivity index (χ3n) is 2.21. The molecule has 6 nitrogen and oxygen atoms in total. The number of hydrogen-bond acceptors (Lipinski definition) is 5. The molecule has 0 saturated heterocycles. The lowest BCUT2D eigenvalue weighted by Crippen LogP contribution is -2.16. The molecule has 1 heterocycles. The van der Waals surface area contributed by atoms with Gasteiger partial charge in [0.2, 0.25) is 5.09 Å². The number of furan rings is 1. The van der Waals surface area contributed by atoms with Crippen LogP contribution in [0.4, 0.5) is 0 Å². The molecule has 0 bridgehead atoms. The highest BCUT2D eigenvalue weighted by atomic mass is 32.2. The second-order valence-corrected chi connectivity index (χ2v) is 5.40. The zero-order chi connectivity index (χ0) is 13.4. The Balaban J connectivity index is 2.18. The Morgan fingerprint density at radius 3 is 2.78 bits per heavy atom. The van der Waals surface area contributed by atoms with Crippen molar-refractivity contribution >= 4 is 10.0 Å². The highest BCUT2D eigenvalue weighted by molar-refractivity contribution is 7.89. The molecule has 0 radical (unpaired) electrons. The van der Waals surface area contributed by atoms with E-state index in [1.807, 2.05) is 0 Å². The lowest BCUT2D eigenvalue weighted by molar-refractivity contribution is 0.132. The van der Waals surface area contributed by atoms with Crippen LogP contribution in [0.25, 0.3) is 0 Å². The molecule has 0 aromatic carbocycles. The maximum atomic E-state index is 11.0. The molecule has 18 heavy (non-hydrogen) atoms. The summed E-state index contributed by atoms with van der Waals surface area (Å²) in [5, 5.41) is 7.87. The summed E-state index contributed by atoms with van der Waals surface area (Å²) in [4.78, 5) is 0. The lowest BCUT2D eigenvalue weighted by Gasteiger charge is -2.03. The van der Waals surface area contributed by atoms with Gasteiger partial charge < -0.3 is 14.5 Å². The topological polar surface area (TPSA) is 94.6 Å². The van der Waals surface area contributed by atoms with Gasteiger partial charge in [-0.3, -0.25) is 0 Å². The summed E-state index contributed by atoms with van der Waals surface area (Å²) in [5.74, 6) is 0.550. The molecule has 104 valence electrons. The molecule has 1 aromatic heterocycles. The van der Waals surface area contributed by atoms with E-state index < -0.39 is 10.0 Å². The van der Waals surface area contributed by atoms with E-state index in [-0.39, 0.29) is 5.09 Å². The third-order valence-corrected chi connectivity index (χ3v) is 2.99. The molecule has 3 N–H and O–H groups in total. The first-order chi connectivity index (χ1) is 8.54. The molecule has 0 saturated carbocycles. The molecule has 0 aliphatic rings. The predicted octanol–water partition coefficient (Wildman–Crippen LogP) is 0.833. The minimum atomic E-state index is -3.74. The Morgan fingerprint density at radius 1 is 1.39 bits per heavy atom. The normalized spacial score (nSPS) is 11.9. The highest BCUT2D eigenvalue weighted by Crippen LogP contribution is 2.11. The minimum absolute atomic E-state index is 0.203. The number of rotatable bonds is 9. The Bertz CT molecular complexity index is 442. The second kappa shape index (κ2) is 7.52. The van der Waals surface area contributed by atoms with Gasteiger partial charge in [-0.2, -0.15) is 0 Å². The number of primary sulfonamides is 1. The highest BCUT2D eigenvalue weighted by Gasteiger charge is 2.12. The van der Waals surface area contributed by atoms with Crippen molar-refractivity contribution in [3.63, 3.8) is 0 Å². The molecular formula is C11H20N2O4S. The van der Waals surface area contributed by atoms with Crippen molar-refractivity contribution < 1.29 is 17.6 Å². The fourth-order valence-electron chi connectivity index (χ4n) is 1.36. The van der Waals surface area contributed by atoms with Gasteiger partial charge in [-0.1, -0.05) is 6.92 Å². The van der Waals surface area contributed by atoms with Crippen LogP contribution in [0.3, 0.4) is 0 Å². The van der Waals surface area contributed by atoms with E-state index in [4.69, 9.17) is 14.3 Å². The van der Waals surface area contributed by atoms with Crippen molar-refractivity contribution in [1.82, 2.24) is 5.32 Å². The summed E-state index contributed by atoms with van der Waals surface area (Å²) >= 11 is 0. The van der Waals surface area contributed by atoms with Crippen molar-refractivity contribution in [2.75, 3.05) is 19.8 Å². The smallest absolute Gasteiger partial charge is 0.271 e. The maximum Gasteiger partial charge on any atom is 0.271 e. The van der Waals surface area contributed by atoms with E-state index in [0.29, 0.717) is 12.3 Å². The molecule has 7 heteroatoms. The van der Waals surface area contributed by atoms with Crippen LogP contribution in [0, 0.1) is 0 Å². The molecule has 0 aliphatic carbocycles. The average Bonchev–Trinajstić information content (AvgIpc) is 2.76. The van der Waals surface area contributed by atoms with Gasteiger partial charge in [0.05, 0.1) is 6.54 Å². The lowest BCUT2D eigenvalue weighted by atomic mass is 10.4. The number of sulfonamides is 1. The first-order valence-corrected chi connectivity index (χ1v) is 7.48. The van der Waals surface area contributed by atoms with E-state index in [9.17, 15) is 8.42 Å². The van der Waals surface area contributed by atoms with Gasteiger partial charge in [0.25, 0.3) is 10.0 Å². The quantitative estimate of drug-likeness (QED) is 0.652. The Kier molecular flexibility index (Phi) is 6.34. The van der Waals surface area contributed by atoms with E-state index in [1.54, 1.807) is 6.07 Å². The Morgan fingerprint density at radius 2 is 2.17 bits per heavy atom. The van der Waals surface area contributed by atoms with Crippen LogP contribution in [-0.2, 0) is 21.3 Å². The predicted molar refractivity (Wildman–Crippen MR) is 67.5 cm³/mol. The molecule has 0 amide bonds. The van der Waals surface area contributed by atoms with Crippen molar-refractivity contribution in [3.8, 4) is 0 Å². The zero-order valence-corrected chi connectivity index (χ0v) is 11.3.